The Morgan fingerprint density at radius 3 is 2.85 bits per heavy atom. The predicted molar refractivity (Wildman–Crippen MR) is 81.2 cm³/mol. The number of halogens is 2. The molecule has 20 heavy (non-hydrogen) atoms. The summed E-state index contributed by atoms with van der Waals surface area (Å²) in [5.41, 5.74) is -0.433. The Kier molecular flexibility index (Phi) is 4.38. The molecule has 1 aromatic carbocycles. The second kappa shape index (κ2) is 5.87. The molecule has 0 atom stereocenters. The maximum absolute atomic E-state index is 11.9. The molecule has 0 aliphatic heterocycles. The van der Waals surface area contributed by atoms with Crippen LogP contribution >= 0.6 is 39.3 Å². The molecule has 0 unspecified atom stereocenters. The number of rotatable bonds is 2. The average Bonchev–Trinajstić information content (AvgIpc) is 2.43. The quantitative estimate of drug-likeness (QED) is 0.624. The Bertz CT molecular complexity index is 785. The van der Waals surface area contributed by atoms with Crippen LogP contribution in [0.2, 0.25) is 5.02 Å². The van der Waals surface area contributed by atoms with E-state index in [1.807, 2.05) is 0 Å². The molecule has 0 saturated heterocycles. The number of phenolic OH excluding ortho intramolecular Hbond substituents is 1. The molecular weight excluding hydrogens is 366 g/mol. The van der Waals surface area contributed by atoms with Gasteiger partial charge in [0.15, 0.2) is 5.16 Å². The number of thioether (sulfide) groups is 1. The first-order chi connectivity index (χ1) is 9.49. The average molecular weight is 373 g/mol. The number of H-pyrrole nitrogens is 1. The van der Waals surface area contributed by atoms with Crippen LogP contribution in [-0.2, 0) is 0 Å². The number of phenols is 1. The summed E-state index contributed by atoms with van der Waals surface area (Å²) in [7, 11) is 0. The van der Waals surface area contributed by atoms with E-state index in [1.165, 1.54) is 17.8 Å². The fraction of sp³-hybridized carbons (Fsp3) is 0.0833. The van der Waals surface area contributed by atoms with E-state index in [4.69, 9.17) is 16.9 Å². The van der Waals surface area contributed by atoms with Crippen molar-refractivity contribution in [1.82, 2.24) is 9.97 Å². The highest BCUT2D eigenvalue weighted by molar-refractivity contribution is 9.10. The van der Waals surface area contributed by atoms with E-state index in [0.29, 0.717) is 9.63 Å². The standard InChI is InChI=1S/C12H7BrClN3O2S/c1-20-12-16-9(5(4-15)11(19)17-12)8-6(13)2-3-7(14)10(8)18/h2-3,18H,1H3,(H,16,17,19). The van der Waals surface area contributed by atoms with Gasteiger partial charge in [0.25, 0.3) is 5.56 Å². The molecular formula is C12H7BrClN3O2S. The zero-order valence-electron chi connectivity index (χ0n) is 10.1. The van der Waals surface area contributed by atoms with Crippen LogP contribution in [0.1, 0.15) is 5.56 Å². The molecule has 8 heteroatoms. The van der Waals surface area contributed by atoms with Crippen molar-refractivity contribution >= 4 is 39.3 Å². The number of aromatic nitrogens is 2. The van der Waals surface area contributed by atoms with Gasteiger partial charge in [-0.05, 0) is 34.3 Å². The molecule has 0 bridgehead atoms. The van der Waals surface area contributed by atoms with Crippen LogP contribution in [0.25, 0.3) is 11.3 Å². The Balaban J connectivity index is 2.89. The third kappa shape index (κ3) is 2.54. The lowest BCUT2D eigenvalue weighted by atomic mass is 10.1. The van der Waals surface area contributed by atoms with Crippen molar-refractivity contribution in [2.75, 3.05) is 6.26 Å². The monoisotopic (exact) mass is 371 g/mol. The van der Waals surface area contributed by atoms with Gasteiger partial charge in [-0.25, -0.2) is 4.98 Å². The molecule has 0 aliphatic carbocycles. The molecule has 1 heterocycles. The van der Waals surface area contributed by atoms with Crippen LogP contribution in [0.5, 0.6) is 5.75 Å². The van der Waals surface area contributed by atoms with Gasteiger partial charge < -0.3 is 10.1 Å². The molecule has 0 aliphatic rings. The fourth-order valence-electron chi connectivity index (χ4n) is 1.60. The molecule has 0 spiro atoms. The number of aromatic amines is 1. The highest BCUT2D eigenvalue weighted by Gasteiger charge is 2.20. The molecule has 2 aromatic rings. The van der Waals surface area contributed by atoms with Crippen molar-refractivity contribution in [1.29, 1.82) is 5.26 Å². The van der Waals surface area contributed by atoms with Crippen molar-refractivity contribution in [2.24, 2.45) is 0 Å². The SMILES string of the molecule is CSc1nc(-c2c(Br)ccc(Cl)c2O)c(C#N)c(=O)[nH]1. The highest BCUT2D eigenvalue weighted by Crippen LogP contribution is 2.40. The number of hydrogen-bond donors (Lipinski definition) is 2. The fourth-order valence-corrected chi connectivity index (χ4v) is 2.64. The first-order valence-electron chi connectivity index (χ1n) is 5.25. The van der Waals surface area contributed by atoms with Crippen molar-refractivity contribution in [2.45, 2.75) is 5.16 Å². The first-order valence-corrected chi connectivity index (χ1v) is 7.65. The third-order valence-electron chi connectivity index (χ3n) is 2.52. The summed E-state index contributed by atoms with van der Waals surface area (Å²) in [5, 5.41) is 19.7. The molecule has 2 rings (SSSR count). The second-order valence-electron chi connectivity index (χ2n) is 3.66. The molecule has 1 aromatic heterocycles. The summed E-state index contributed by atoms with van der Waals surface area (Å²) < 4.78 is 0.487. The summed E-state index contributed by atoms with van der Waals surface area (Å²) in [6, 6.07) is 4.91. The van der Waals surface area contributed by atoms with Gasteiger partial charge in [-0.15, -0.1) is 0 Å². The van der Waals surface area contributed by atoms with Gasteiger partial charge in [0.1, 0.15) is 23.1 Å². The summed E-state index contributed by atoms with van der Waals surface area (Å²) in [6.07, 6.45) is 1.74. The Hall–Kier alpha value is -1.49. The van der Waals surface area contributed by atoms with Gasteiger partial charge in [0, 0.05) is 4.47 Å². The molecule has 5 nitrogen and oxygen atoms in total. The van der Waals surface area contributed by atoms with Gasteiger partial charge in [-0.2, -0.15) is 5.26 Å². The third-order valence-corrected chi connectivity index (χ3v) is 4.06. The molecule has 0 fully saturated rings. The smallest absolute Gasteiger partial charge is 0.270 e. The number of hydrogen-bond acceptors (Lipinski definition) is 5. The number of aromatic hydroxyl groups is 1. The summed E-state index contributed by atoms with van der Waals surface area (Å²) in [6.45, 7) is 0. The van der Waals surface area contributed by atoms with Crippen molar-refractivity contribution < 1.29 is 5.11 Å². The van der Waals surface area contributed by atoms with E-state index in [-0.39, 0.29) is 27.6 Å². The molecule has 0 amide bonds. The van der Waals surface area contributed by atoms with Gasteiger partial charge in [-0.1, -0.05) is 23.4 Å². The zero-order chi connectivity index (χ0) is 14.9. The Morgan fingerprint density at radius 2 is 2.25 bits per heavy atom. The lowest BCUT2D eigenvalue weighted by molar-refractivity contribution is 0.477. The zero-order valence-corrected chi connectivity index (χ0v) is 13.2. The number of nitriles is 1. The van der Waals surface area contributed by atoms with Crippen LogP contribution in [-0.4, -0.2) is 21.3 Å². The summed E-state index contributed by atoms with van der Waals surface area (Å²) >= 11 is 10.4. The highest BCUT2D eigenvalue weighted by atomic mass is 79.9. The van der Waals surface area contributed by atoms with E-state index in [1.54, 1.807) is 18.4 Å². The van der Waals surface area contributed by atoms with E-state index in [9.17, 15) is 9.90 Å². The minimum Gasteiger partial charge on any atom is -0.506 e. The lowest BCUT2D eigenvalue weighted by Crippen LogP contribution is -2.14. The number of nitrogens with zero attached hydrogens (tertiary/aromatic N) is 2. The van der Waals surface area contributed by atoms with E-state index >= 15 is 0 Å². The predicted octanol–water partition coefficient (Wildman–Crippen LogP) is 3.15. The number of benzene rings is 1. The van der Waals surface area contributed by atoms with Crippen LogP contribution in [0.15, 0.2) is 26.6 Å². The maximum Gasteiger partial charge on any atom is 0.270 e. The Labute approximate surface area is 131 Å². The van der Waals surface area contributed by atoms with Gasteiger partial charge in [-0.3, -0.25) is 4.79 Å². The first kappa shape index (κ1) is 14.9. The summed E-state index contributed by atoms with van der Waals surface area (Å²) in [4.78, 5) is 18.5. The van der Waals surface area contributed by atoms with Crippen molar-refractivity contribution in [3.63, 3.8) is 0 Å². The molecule has 2 N–H and O–H groups in total. The minimum atomic E-state index is -0.562. The van der Waals surface area contributed by atoms with Crippen LogP contribution in [0.4, 0.5) is 0 Å². The Morgan fingerprint density at radius 1 is 1.55 bits per heavy atom. The lowest BCUT2D eigenvalue weighted by Gasteiger charge is -2.10. The van der Waals surface area contributed by atoms with Gasteiger partial charge in [0.05, 0.1) is 10.6 Å². The largest absolute Gasteiger partial charge is 0.506 e. The van der Waals surface area contributed by atoms with Gasteiger partial charge in [0.2, 0.25) is 0 Å². The van der Waals surface area contributed by atoms with Crippen LogP contribution in [0.3, 0.4) is 0 Å². The maximum atomic E-state index is 11.9. The van der Waals surface area contributed by atoms with Crippen LogP contribution < -0.4 is 5.56 Å². The minimum absolute atomic E-state index is 0.0903. The molecule has 0 saturated carbocycles. The van der Waals surface area contributed by atoms with E-state index < -0.39 is 5.56 Å². The topological polar surface area (TPSA) is 89.8 Å². The second-order valence-corrected chi connectivity index (χ2v) is 5.72. The van der Waals surface area contributed by atoms with E-state index in [0.717, 1.165) is 0 Å². The molecule has 102 valence electrons. The van der Waals surface area contributed by atoms with E-state index in [2.05, 4.69) is 25.9 Å². The van der Waals surface area contributed by atoms with Gasteiger partial charge >= 0.3 is 0 Å². The van der Waals surface area contributed by atoms with Crippen molar-refractivity contribution in [3.05, 3.63) is 37.5 Å². The summed E-state index contributed by atoms with van der Waals surface area (Å²) in [5.74, 6) is -0.234. The molecule has 0 radical (unpaired) electrons. The number of nitrogens with one attached hydrogen (secondary N) is 1. The van der Waals surface area contributed by atoms with Crippen molar-refractivity contribution in [3.8, 4) is 23.1 Å². The normalized spacial score (nSPS) is 10.3. The van der Waals surface area contributed by atoms with Crippen LogP contribution in [0, 0.1) is 11.3 Å².